The summed E-state index contributed by atoms with van der Waals surface area (Å²) in [4.78, 5) is 11.6. The molecule has 1 aliphatic heterocycles. The number of fused-ring (bicyclic) bond motifs is 1. The lowest BCUT2D eigenvalue weighted by atomic mass is 10.1. The van der Waals surface area contributed by atoms with E-state index in [0.29, 0.717) is 0 Å². The van der Waals surface area contributed by atoms with Crippen molar-refractivity contribution in [3.05, 3.63) is 12.7 Å². The molecular weight excluding hydrogens is 276 g/mol. The molecule has 1 fully saturated rings. The molecule has 3 heterocycles. The second kappa shape index (κ2) is 4.58. The minimum Gasteiger partial charge on any atom is -0.387 e. The first-order valence-corrected chi connectivity index (χ1v) is 5.73. The standard InChI is InChI=1S/C10H11F2N5O3/c11-7(12)6-4(18)5(19)10(20-6)17-2-16-3-8(13)14-1-15-9(3)17/h1-2,4-7,10,18-19H,(H2,13,14,15). The van der Waals surface area contributed by atoms with Gasteiger partial charge in [0.2, 0.25) is 0 Å². The molecule has 2 aromatic heterocycles. The molecule has 0 spiro atoms. The fraction of sp³-hybridized carbons (Fsp3) is 0.500. The van der Waals surface area contributed by atoms with Gasteiger partial charge in [-0.2, -0.15) is 0 Å². The lowest BCUT2D eigenvalue weighted by Crippen LogP contribution is -2.35. The zero-order valence-electron chi connectivity index (χ0n) is 9.97. The Morgan fingerprint density at radius 2 is 2.00 bits per heavy atom. The Labute approximate surface area is 110 Å². The number of anilines is 1. The van der Waals surface area contributed by atoms with Gasteiger partial charge in [0.05, 0.1) is 6.33 Å². The number of nitrogen functional groups attached to an aromatic ring is 1. The topological polar surface area (TPSA) is 119 Å². The van der Waals surface area contributed by atoms with Crippen molar-refractivity contribution in [2.45, 2.75) is 31.0 Å². The third kappa shape index (κ3) is 1.80. The van der Waals surface area contributed by atoms with E-state index in [4.69, 9.17) is 10.5 Å². The smallest absolute Gasteiger partial charge is 0.267 e. The summed E-state index contributed by atoms with van der Waals surface area (Å²) in [7, 11) is 0. The number of hydrogen-bond acceptors (Lipinski definition) is 7. The van der Waals surface area contributed by atoms with Crippen molar-refractivity contribution < 1.29 is 23.7 Å². The quantitative estimate of drug-likeness (QED) is 0.667. The number of nitrogens with zero attached hydrogens (tertiary/aromatic N) is 4. The minimum absolute atomic E-state index is 0.118. The van der Waals surface area contributed by atoms with E-state index in [1.165, 1.54) is 17.2 Å². The molecule has 0 radical (unpaired) electrons. The molecular formula is C10H11F2N5O3. The van der Waals surface area contributed by atoms with Crippen LogP contribution in [-0.2, 0) is 4.74 Å². The molecule has 4 unspecified atom stereocenters. The van der Waals surface area contributed by atoms with Gasteiger partial charge in [-0.15, -0.1) is 0 Å². The van der Waals surface area contributed by atoms with Gasteiger partial charge in [0.1, 0.15) is 30.2 Å². The Balaban J connectivity index is 2.02. The van der Waals surface area contributed by atoms with Crippen LogP contribution in [0.3, 0.4) is 0 Å². The van der Waals surface area contributed by atoms with E-state index in [9.17, 15) is 19.0 Å². The second-order valence-corrected chi connectivity index (χ2v) is 4.39. The predicted molar refractivity (Wildman–Crippen MR) is 61.7 cm³/mol. The normalized spacial score (nSPS) is 30.4. The maximum absolute atomic E-state index is 12.7. The number of alkyl halides is 2. The predicted octanol–water partition coefficient (Wildman–Crippen LogP) is -0.707. The molecule has 0 bridgehead atoms. The molecule has 4 atom stereocenters. The van der Waals surface area contributed by atoms with Crippen LogP contribution < -0.4 is 5.73 Å². The van der Waals surface area contributed by atoms with Crippen LogP contribution in [0.4, 0.5) is 14.6 Å². The highest BCUT2D eigenvalue weighted by Crippen LogP contribution is 2.34. The number of ether oxygens (including phenoxy) is 1. The number of aliphatic hydroxyl groups is 2. The van der Waals surface area contributed by atoms with Gasteiger partial charge in [0, 0.05) is 0 Å². The second-order valence-electron chi connectivity index (χ2n) is 4.39. The van der Waals surface area contributed by atoms with E-state index in [-0.39, 0.29) is 17.0 Å². The number of aromatic nitrogens is 4. The van der Waals surface area contributed by atoms with Gasteiger partial charge >= 0.3 is 0 Å². The van der Waals surface area contributed by atoms with Crippen molar-refractivity contribution >= 4 is 17.0 Å². The molecule has 3 rings (SSSR count). The van der Waals surface area contributed by atoms with E-state index in [0.717, 1.165) is 0 Å². The van der Waals surface area contributed by atoms with Gasteiger partial charge < -0.3 is 20.7 Å². The van der Waals surface area contributed by atoms with Crippen molar-refractivity contribution in [1.29, 1.82) is 0 Å². The Morgan fingerprint density at radius 1 is 1.25 bits per heavy atom. The highest BCUT2D eigenvalue weighted by atomic mass is 19.3. The third-order valence-electron chi connectivity index (χ3n) is 3.18. The largest absolute Gasteiger partial charge is 0.387 e. The Hall–Kier alpha value is -1.91. The van der Waals surface area contributed by atoms with Crippen molar-refractivity contribution in [3.8, 4) is 0 Å². The molecule has 108 valence electrons. The van der Waals surface area contributed by atoms with E-state index in [2.05, 4.69) is 15.0 Å². The van der Waals surface area contributed by atoms with Gasteiger partial charge in [-0.05, 0) is 0 Å². The molecule has 2 aromatic rings. The van der Waals surface area contributed by atoms with Crippen LogP contribution in [0.2, 0.25) is 0 Å². The maximum atomic E-state index is 12.7. The molecule has 1 saturated heterocycles. The van der Waals surface area contributed by atoms with Crippen LogP contribution in [0.15, 0.2) is 12.7 Å². The number of nitrogens with two attached hydrogens (primary N) is 1. The lowest BCUT2D eigenvalue weighted by Gasteiger charge is -2.16. The summed E-state index contributed by atoms with van der Waals surface area (Å²) in [5.41, 5.74) is 6.09. The summed E-state index contributed by atoms with van der Waals surface area (Å²) in [6.45, 7) is 0. The lowest BCUT2D eigenvalue weighted by molar-refractivity contribution is -0.0969. The molecule has 0 amide bonds. The van der Waals surface area contributed by atoms with E-state index in [1.54, 1.807) is 0 Å². The summed E-state index contributed by atoms with van der Waals surface area (Å²) in [6, 6.07) is 0. The summed E-state index contributed by atoms with van der Waals surface area (Å²) in [5.74, 6) is 0.118. The summed E-state index contributed by atoms with van der Waals surface area (Å²) in [5, 5.41) is 19.4. The van der Waals surface area contributed by atoms with Crippen LogP contribution in [0.25, 0.3) is 11.2 Å². The first kappa shape index (κ1) is 13.1. The Kier molecular flexibility index (Phi) is 3.00. The first-order valence-electron chi connectivity index (χ1n) is 5.73. The number of rotatable bonds is 2. The molecule has 0 aliphatic carbocycles. The number of aliphatic hydroxyl groups excluding tert-OH is 2. The minimum atomic E-state index is -2.92. The Morgan fingerprint density at radius 3 is 2.65 bits per heavy atom. The average molecular weight is 287 g/mol. The van der Waals surface area contributed by atoms with E-state index in [1.807, 2.05) is 0 Å². The van der Waals surface area contributed by atoms with E-state index >= 15 is 0 Å². The van der Waals surface area contributed by atoms with Crippen LogP contribution >= 0.6 is 0 Å². The summed E-state index contributed by atoms with van der Waals surface area (Å²) >= 11 is 0. The number of halogens is 2. The fourth-order valence-corrected chi connectivity index (χ4v) is 2.18. The molecule has 10 heteroatoms. The molecule has 0 aromatic carbocycles. The third-order valence-corrected chi connectivity index (χ3v) is 3.18. The van der Waals surface area contributed by atoms with Gasteiger partial charge in [-0.3, -0.25) is 4.57 Å². The summed E-state index contributed by atoms with van der Waals surface area (Å²) in [6.07, 6.45) is -6.71. The molecule has 1 aliphatic rings. The molecule has 20 heavy (non-hydrogen) atoms. The van der Waals surface area contributed by atoms with Gasteiger partial charge in [0.25, 0.3) is 6.43 Å². The molecule has 4 N–H and O–H groups in total. The molecule has 8 nitrogen and oxygen atoms in total. The molecule has 0 saturated carbocycles. The highest BCUT2D eigenvalue weighted by molar-refractivity contribution is 5.81. The number of imidazole rings is 1. The van der Waals surface area contributed by atoms with Crippen LogP contribution in [0, 0.1) is 0 Å². The zero-order valence-corrected chi connectivity index (χ0v) is 9.97. The zero-order chi connectivity index (χ0) is 14.4. The van der Waals surface area contributed by atoms with Crippen molar-refractivity contribution in [3.63, 3.8) is 0 Å². The summed E-state index contributed by atoms with van der Waals surface area (Å²) < 4.78 is 31.6. The van der Waals surface area contributed by atoms with Crippen LogP contribution in [0.1, 0.15) is 6.23 Å². The van der Waals surface area contributed by atoms with E-state index < -0.39 is 31.0 Å². The average Bonchev–Trinajstić information content (AvgIpc) is 2.94. The number of hydrogen-bond donors (Lipinski definition) is 3. The van der Waals surface area contributed by atoms with Crippen molar-refractivity contribution in [2.24, 2.45) is 0 Å². The maximum Gasteiger partial charge on any atom is 0.267 e. The van der Waals surface area contributed by atoms with Gasteiger partial charge in [0.15, 0.2) is 17.7 Å². The van der Waals surface area contributed by atoms with Crippen molar-refractivity contribution in [1.82, 2.24) is 19.5 Å². The fourth-order valence-electron chi connectivity index (χ4n) is 2.18. The monoisotopic (exact) mass is 287 g/mol. The van der Waals surface area contributed by atoms with Gasteiger partial charge in [-0.1, -0.05) is 0 Å². The highest BCUT2D eigenvalue weighted by Gasteiger charge is 2.48. The first-order chi connectivity index (χ1) is 9.50. The van der Waals surface area contributed by atoms with Gasteiger partial charge in [-0.25, -0.2) is 23.7 Å². The van der Waals surface area contributed by atoms with Crippen LogP contribution in [0.5, 0.6) is 0 Å². The SMILES string of the molecule is Nc1ncnc2c1ncn2C1OC(C(F)F)C(O)C1O. The Bertz CT molecular complexity index is 636. The van der Waals surface area contributed by atoms with Crippen molar-refractivity contribution in [2.75, 3.05) is 5.73 Å². The van der Waals surface area contributed by atoms with Crippen LogP contribution in [-0.4, -0.2) is 54.5 Å².